The smallest absolute Gasteiger partial charge is 0.105 e. The van der Waals surface area contributed by atoms with Crippen molar-refractivity contribution in [3.8, 4) is 0 Å². The number of hydrogen-bond acceptors (Lipinski definition) is 6. The fourth-order valence-corrected chi connectivity index (χ4v) is 4.74. The van der Waals surface area contributed by atoms with Crippen LogP contribution in [0, 0.1) is 0 Å². The molecule has 6 heteroatoms. The van der Waals surface area contributed by atoms with Gasteiger partial charge in [-0.15, -0.1) is 0 Å². The van der Waals surface area contributed by atoms with E-state index in [9.17, 15) is 0 Å². The maximum absolute atomic E-state index is 6.58. The highest BCUT2D eigenvalue weighted by Gasteiger charge is 2.43. The summed E-state index contributed by atoms with van der Waals surface area (Å²) >= 11 is 1.77. The van der Waals surface area contributed by atoms with Crippen molar-refractivity contribution in [2.75, 3.05) is 59.2 Å². The highest BCUT2D eigenvalue weighted by molar-refractivity contribution is 7.07. The quantitative estimate of drug-likeness (QED) is 0.826. The van der Waals surface area contributed by atoms with E-state index >= 15 is 0 Å². The summed E-state index contributed by atoms with van der Waals surface area (Å²) in [5.74, 6) is 0. The van der Waals surface area contributed by atoms with Gasteiger partial charge in [0, 0.05) is 39.3 Å². The Morgan fingerprint density at radius 3 is 2.79 bits per heavy atom. The Labute approximate surface area is 148 Å². The Balaban J connectivity index is 1.34. The highest BCUT2D eigenvalue weighted by atomic mass is 32.1. The SMILES string of the molecule is c1cc(CN2CCOC[C@]3(CC[C@@H](CN4CCOCC4)O3)C2)cs1. The minimum Gasteiger partial charge on any atom is -0.379 e. The van der Waals surface area contributed by atoms with Crippen molar-refractivity contribution in [1.29, 1.82) is 0 Å². The van der Waals surface area contributed by atoms with Gasteiger partial charge in [0.25, 0.3) is 0 Å². The van der Waals surface area contributed by atoms with Gasteiger partial charge in [0.05, 0.1) is 32.5 Å². The van der Waals surface area contributed by atoms with Crippen LogP contribution in [0.25, 0.3) is 0 Å². The lowest BCUT2D eigenvalue weighted by molar-refractivity contribution is -0.0967. The third kappa shape index (κ3) is 4.18. The zero-order chi connectivity index (χ0) is 16.2. The van der Waals surface area contributed by atoms with Crippen LogP contribution in [0.15, 0.2) is 16.8 Å². The van der Waals surface area contributed by atoms with Crippen LogP contribution in [-0.2, 0) is 20.8 Å². The number of nitrogens with zero attached hydrogens (tertiary/aromatic N) is 2. The van der Waals surface area contributed by atoms with Gasteiger partial charge in [0.1, 0.15) is 5.60 Å². The maximum Gasteiger partial charge on any atom is 0.105 e. The Kier molecular flexibility index (Phi) is 5.51. The molecule has 0 bridgehead atoms. The lowest BCUT2D eigenvalue weighted by atomic mass is 10.00. The maximum atomic E-state index is 6.58. The van der Waals surface area contributed by atoms with E-state index in [1.807, 2.05) is 0 Å². The number of morpholine rings is 1. The molecule has 0 aromatic carbocycles. The molecule has 5 nitrogen and oxygen atoms in total. The van der Waals surface area contributed by atoms with E-state index in [2.05, 4.69) is 26.6 Å². The minimum absolute atomic E-state index is 0.108. The third-order valence-corrected chi connectivity index (χ3v) is 6.05. The molecule has 0 unspecified atom stereocenters. The molecule has 0 amide bonds. The molecule has 0 radical (unpaired) electrons. The highest BCUT2D eigenvalue weighted by Crippen LogP contribution is 2.34. The van der Waals surface area contributed by atoms with Crippen molar-refractivity contribution >= 4 is 11.3 Å². The van der Waals surface area contributed by atoms with E-state index in [1.165, 1.54) is 5.56 Å². The van der Waals surface area contributed by atoms with E-state index in [1.54, 1.807) is 11.3 Å². The lowest BCUT2D eigenvalue weighted by Gasteiger charge is -2.33. The summed E-state index contributed by atoms with van der Waals surface area (Å²) < 4.78 is 17.9. The Bertz CT molecular complexity index is 506. The summed E-state index contributed by atoms with van der Waals surface area (Å²) in [6.07, 6.45) is 2.60. The molecule has 4 heterocycles. The molecule has 0 aliphatic carbocycles. The fraction of sp³-hybridized carbons (Fsp3) is 0.778. The molecule has 24 heavy (non-hydrogen) atoms. The van der Waals surface area contributed by atoms with Crippen LogP contribution in [0.3, 0.4) is 0 Å². The summed E-state index contributed by atoms with van der Waals surface area (Å²) in [4.78, 5) is 4.99. The molecule has 0 N–H and O–H groups in total. The van der Waals surface area contributed by atoms with Gasteiger partial charge >= 0.3 is 0 Å². The zero-order valence-corrected chi connectivity index (χ0v) is 15.1. The number of rotatable bonds is 4. The molecule has 2 atom stereocenters. The normalized spacial score (nSPS) is 33.1. The molecule has 1 spiro atoms. The van der Waals surface area contributed by atoms with Gasteiger partial charge in [-0.3, -0.25) is 9.80 Å². The van der Waals surface area contributed by atoms with Gasteiger partial charge in [-0.1, -0.05) is 0 Å². The van der Waals surface area contributed by atoms with Crippen LogP contribution in [-0.4, -0.2) is 80.7 Å². The summed E-state index contributed by atoms with van der Waals surface area (Å²) in [5.41, 5.74) is 1.30. The number of thiophene rings is 1. The predicted octanol–water partition coefficient (Wildman–Crippen LogP) is 1.83. The van der Waals surface area contributed by atoms with Crippen molar-refractivity contribution < 1.29 is 14.2 Å². The van der Waals surface area contributed by atoms with Crippen molar-refractivity contribution in [3.05, 3.63) is 22.4 Å². The predicted molar refractivity (Wildman–Crippen MR) is 94.5 cm³/mol. The summed E-state index contributed by atoms with van der Waals surface area (Å²) in [7, 11) is 0. The molecular weight excluding hydrogens is 324 g/mol. The standard InChI is InChI=1S/C18H28N2O3S/c1-3-18(23-17(1)12-19-4-7-21-8-5-19)14-20(6-9-22-15-18)11-16-2-10-24-13-16/h2,10,13,17H,1,3-9,11-12,14-15H2/t17-,18-/m0/s1. The first-order valence-electron chi connectivity index (χ1n) is 9.10. The molecular formula is C18H28N2O3S. The first kappa shape index (κ1) is 16.9. The summed E-state index contributed by atoms with van der Waals surface area (Å²) in [6.45, 7) is 9.36. The molecule has 3 saturated heterocycles. The zero-order valence-electron chi connectivity index (χ0n) is 14.3. The topological polar surface area (TPSA) is 34.2 Å². The molecule has 0 saturated carbocycles. The second-order valence-electron chi connectivity index (χ2n) is 7.27. The van der Waals surface area contributed by atoms with Crippen LogP contribution in [0.5, 0.6) is 0 Å². The van der Waals surface area contributed by atoms with Gasteiger partial charge in [-0.05, 0) is 35.2 Å². The second-order valence-corrected chi connectivity index (χ2v) is 8.05. The van der Waals surface area contributed by atoms with E-state index in [4.69, 9.17) is 14.2 Å². The van der Waals surface area contributed by atoms with Crippen molar-refractivity contribution in [1.82, 2.24) is 9.80 Å². The Morgan fingerprint density at radius 2 is 1.96 bits per heavy atom. The number of ether oxygens (including phenoxy) is 3. The summed E-state index contributed by atoms with van der Waals surface area (Å²) in [5, 5.41) is 4.40. The molecule has 3 aliphatic heterocycles. The largest absolute Gasteiger partial charge is 0.379 e. The van der Waals surface area contributed by atoms with Gasteiger partial charge < -0.3 is 14.2 Å². The van der Waals surface area contributed by atoms with Crippen LogP contribution >= 0.6 is 11.3 Å². The van der Waals surface area contributed by atoms with E-state index in [0.29, 0.717) is 6.10 Å². The second kappa shape index (κ2) is 7.81. The van der Waals surface area contributed by atoms with Gasteiger partial charge in [-0.2, -0.15) is 11.3 Å². The van der Waals surface area contributed by atoms with Gasteiger partial charge in [-0.25, -0.2) is 0 Å². The first-order chi connectivity index (χ1) is 11.8. The van der Waals surface area contributed by atoms with Gasteiger partial charge in [0.2, 0.25) is 0 Å². The molecule has 3 fully saturated rings. The van der Waals surface area contributed by atoms with E-state index < -0.39 is 0 Å². The lowest BCUT2D eigenvalue weighted by Crippen LogP contribution is -2.46. The van der Waals surface area contributed by atoms with Crippen LogP contribution in [0.4, 0.5) is 0 Å². The molecule has 1 aromatic rings. The van der Waals surface area contributed by atoms with Crippen molar-refractivity contribution in [3.63, 3.8) is 0 Å². The average Bonchev–Trinajstić information content (AvgIpc) is 3.18. The van der Waals surface area contributed by atoms with E-state index in [0.717, 1.165) is 78.5 Å². The Hall–Kier alpha value is -0.500. The van der Waals surface area contributed by atoms with Crippen LogP contribution < -0.4 is 0 Å². The molecule has 4 rings (SSSR count). The fourth-order valence-electron chi connectivity index (χ4n) is 4.08. The van der Waals surface area contributed by atoms with Crippen LogP contribution in [0.1, 0.15) is 18.4 Å². The van der Waals surface area contributed by atoms with E-state index in [-0.39, 0.29) is 5.60 Å². The minimum atomic E-state index is -0.108. The van der Waals surface area contributed by atoms with Crippen molar-refractivity contribution in [2.45, 2.75) is 31.1 Å². The number of hydrogen-bond donors (Lipinski definition) is 0. The van der Waals surface area contributed by atoms with Gasteiger partial charge in [0.15, 0.2) is 0 Å². The molecule has 3 aliphatic rings. The monoisotopic (exact) mass is 352 g/mol. The van der Waals surface area contributed by atoms with Crippen molar-refractivity contribution in [2.24, 2.45) is 0 Å². The average molecular weight is 353 g/mol. The molecule has 1 aromatic heterocycles. The third-order valence-electron chi connectivity index (χ3n) is 5.32. The first-order valence-corrected chi connectivity index (χ1v) is 10.0. The Morgan fingerprint density at radius 1 is 1.12 bits per heavy atom. The summed E-state index contributed by atoms with van der Waals surface area (Å²) in [6, 6.07) is 2.22. The van der Waals surface area contributed by atoms with Crippen LogP contribution in [0.2, 0.25) is 0 Å². The molecule has 134 valence electrons.